The minimum atomic E-state index is -3.92. The molecule has 108 valence electrons. The summed E-state index contributed by atoms with van der Waals surface area (Å²) in [6, 6.07) is 1.62. The van der Waals surface area contributed by atoms with Crippen molar-refractivity contribution in [3.8, 4) is 0 Å². The summed E-state index contributed by atoms with van der Waals surface area (Å²) in [5, 5.41) is 6.74. The molecular weight excluding hydrogens is 323 g/mol. The van der Waals surface area contributed by atoms with Gasteiger partial charge in [0.1, 0.15) is 10.7 Å². The van der Waals surface area contributed by atoms with Crippen LogP contribution in [0.1, 0.15) is 17.0 Å². The topological polar surface area (TPSA) is 87.7 Å². The summed E-state index contributed by atoms with van der Waals surface area (Å²) in [6.07, 6.45) is 0. The lowest BCUT2D eigenvalue weighted by molar-refractivity contribution is 0.600. The normalized spacial score (nSPS) is 11.7. The summed E-state index contributed by atoms with van der Waals surface area (Å²) in [5.41, 5.74) is 0.954. The molecule has 6 nitrogen and oxygen atoms in total. The first-order valence-corrected chi connectivity index (χ1v) is 7.83. The third kappa shape index (κ3) is 2.74. The fraction of sp³-hybridized carbons (Fsp3) is 0.273. The standard InChI is InChI=1S/C11H12Cl2N4O2S/c1-5-4-8(12)6(2)10(9(5)13)20(18,19)17-11-14-7(3)15-16-11/h4H,1-3H3,(H2,14,15,16,17). The molecular formula is C11H12Cl2N4O2S. The van der Waals surface area contributed by atoms with Gasteiger partial charge >= 0.3 is 0 Å². The van der Waals surface area contributed by atoms with E-state index in [0.29, 0.717) is 22.0 Å². The number of aromatic nitrogens is 3. The van der Waals surface area contributed by atoms with Crippen molar-refractivity contribution in [2.24, 2.45) is 0 Å². The van der Waals surface area contributed by atoms with Crippen molar-refractivity contribution >= 4 is 39.2 Å². The minimum absolute atomic E-state index is 0.0457. The summed E-state index contributed by atoms with van der Waals surface area (Å²) in [4.78, 5) is 3.83. The van der Waals surface area contributed by atoms with Gasteiger partial charge in [-0.3, -0.25) is 5.10 Å². The molecule has 0 fully saturated rings. The number of rotatable bonds is 3. The van der Waals surface area contributed by atoms with Crippen LogP contribution < -0.4 is 4.72 Å². The molecule has 0 radical (unpaired) electrons. The van der Waals surface area contributed by atoms with E-state index in [0.717, 1.165) is 0 Å². The highest BCUT2D eigenvalue weighted by Gasteiger charge is 2.25. The minimum Gasteiger partial charge on any atom is -0.261 e. The molecule has 0 spiro atoms. The summed E-state index contributed by atoms with van der Waals surface area (Å²) < 4.78 is 27.1. The van der Waals surface area contributed by atoms with E-state index in [2.05, 4.69) is 19.9 Å². The molecule has 0 saturated heterocycles. The average Bonchev–Trinajstić information content (AvgIpc) is 2.71. The average molecular weight is 335 g/mol. The molecule has 0 aliphatic rings. The number of hydrogen-bond donors (Lipinski definition) is 2. The van der Waals surface area contributed by atoms with Gasteiger partial charge in [0.2, 0.25) is 0 Å². The van der Waals surface area contributed by atoms with E-state index in [9.17, 15) is 8.42 Å². The highest BCUT2D eigenvalue weighted by molar-refractivity contribution is 7.92. The van der Waals surface area contributed by atoms with Crippen molar-refractivity contribution < 1.29 is 8.42 Å². The van der Waals surface area contributed by atoms with Crippen LogP contribution in [0.3, 0.4) is 0 Å². The molecule has 2 N–H and O–H groups in total. The molecule has 0 atom stereocenters. The van der Waals surface area contributed by atoms with Gasteiger partial charge in [0.25, 0.3) is 16.0 Å². The van der Waals surface area contributed by atoms with Gasteiger partial charge in [-0.15, -0.1) is 5.10 Å². The number of benzene rings is 1. The van der Waals surface area contributed by atoms with Gasteiger partial charge in [0.05, 0.1) is 5.02 Å². The van der Waals surface area contributed by atoms with Crippen molar-refractivity contribution in [3.05, 3.63) is 33.1 Å². The molecule has 0 saturated carbocycles. The zero-order valence-electron chi connectivity index (χ0n) is 11.0. The number of H-pyrrole nitrogens is 1. The highest BCUT2D eigenvalue weighted by atomic mass is 35.5. The van der Waals surface area contributed by atoms with Crippen LogP contribution in [0.4, 0.5) is 5.95 Å². The van der Waals surface area contributed by atoms with Crippen LogP contribution in [0.15, 0.2) is 11.0 Å². The fourth-order valence-corrected chi connectivity index (χ4v) is 3.85. The summed E-state index contributed by atoms with van der Waals surface area (Å²) in [6.45, 7) is 4.93. The SMILES string of the molecule is Cc1nc(NS(=O)(=O)c2c(C)c(Cl)cc(C)c2Cl)n[nH]1. The van der Waals surface area contributed by atoms with Crippen LogP contribution in [-0.4, -0.2) is 23.6 Å². The van der Waals surface area contributed by atoms with E-state index < -0.39 is 10.0 Å². The largest absolute Gasteiger partial charge is 0.266 e. The highest BCUT2D eigenvalue weighted by Crippen LogP contribution is 2.33. The molecule has 20 heavy (non-hydrogen) atoms. The molecule has 0 aliphatic heterocycles. The number of sulfonamides is 1. The molecule has 2 rings (SSSR count). The van der Waals surface area contributed by atoms with Gasteiger partial charge in [-0.1, -0.05) is 23.2 Å². The molecule has 1 aromatic carbocycles. The molecule has 2 aromatic rings. The Morgan fingerprint density at radius 2 is 1.90 bits per heavy atom. The van der Waals surface area contributed by atoms with Gasteiger partial charge in [0, 0.05) is 5.02 Å². The third-order valence-electron chi connectivity index (χ3n) is 2.68. The lowest BCUT2D eigenvalue weighted by Crippen LogP contribution is -2.16. The van der Waals surface area contributed by atoms with Crippen LogP contribution in [0.25, 0.3) is 0 Å². The van der Waals surface area contributed by atoms with Gasteiger partial charge in [0.15, 0.2) is 0 Å². The quantitative estimate of drug-likeness (QED) is 0.903. The fourth-order valence-electron chi connectivity index (χ4n) is 1.69. The number of nitrogens with one attached hydrogen (secondary N) is 2. The summed E-state index contributed by atoms with van der Waals surface area (Å²) in [5.74, 6) is 0.448. The van der Waals surface area contributed by atoms with Crippen molar-refractivity contribution in [1.82, 2.24) is 15.2 Å². The van der Waals surface area contributed by atoms with E-state index in [-0.39, 0.29) is 15.9 Å². The van der Waals surface area contributed by atoms with Crippen LogP contribution in [0.5, 0.6) is 0 Å². The van der Waals surface area contributed by atoms with Crippen LogP contribution in [0, 0.1) is 20.8 Å². The predicted molar refractivity (Wildman–Crippen MR) is 77.9 cm³/mol. The Balaban J connectivity index is 2.55. The predicted octanol–water partition coefficient (Wildman–Crippen LogP) is 2.84. The Bertz CT molecular complexity index is 745. The van der Waals surface area contributed by atoms with Gasteiger partial charge in [-0.2, -0.15) is 4.98 Å². The Morgan fingerprint density at radius 3 is 2.45 bits per heavy atom. The molecule has 9 heteroatoms. The molecule has 1 heterocycles. The Hall–Kier alpha value is -1.31. The lowest BCUT2D eigenvalue weighted by atomic mass is 10.2. The zero-order chi connectivity index (χ0) is 15.1. The molecule has 0 aliphatic carbocycles. The smallest absolute Gasteiger partial charge is 0.261 e. The molecule has 1 aromatic heterocycles. The van der Waals surface area contributed by atoms with Crippen LogP contribution in [0.2, 0.25) is 10.0 Å². The first-order chi connectivity index (χ1) is 9.22. The Kier molecular flexibility index (Phi) is 3.95. The summed E-state index contributed by atoms with van der Waals surface area (Å²) in [7, 11) is -3.92. The number of nitrogens with zero attached hydrogens (tertiary/aromatic N) is 2. The number of aromatic amines is 1. The van der Waals surface area contributed by atoms with Crippen molar-refractivity contribution in [2.45, 2.75) is 25.7 Å². The molecule has 0 unspecified atom stereocenters. The van der Waals surface area contributed by atoms with Gasteiger partial charge in [-0.25, -0.2) is 13.1 Å². The molecule has 0 amide bonds. The Morgan fingerprint density at radius 1 is 1.25 bits per heavy atom. The van der Waals surface area contributed by atoms with Crippen LogP contribution in [-0.2, 0) is 10.0 Å². The lowest BCUT2D eigenvalue weighted by Gasteiger charge is -2.13. The second-order valence-electron chi connectivity index (χ2n) is 4.29. The van der Waals surface area contributed by atoms with Gasteiger partial charge in [-0.05, 0) is 38.0 Å². The van der Waals surface area contributed by atoms with E-state index in [1.54, 1.807) is 26.8 Å². The number of aryl methyl sites for hydroxylation is 2. The van der Waals surface area contributed by atoms with E-state index in [1.165, 1.54) is 0 Å². The third-order valence-corrected chi connectivity index (χ3v) is 5.17. The Labute approximate surface area is 126 Å². The first kappa shape index (κ1) is 15.1. The number of anilines is 1. The van der Waals surface area contributed by atoms with Crippen molar-refractivity contribution in [2.75, 3.05) is 4.72 Å². The first-order valence-electron chi connectivity index (χ1n) is 5.59. The van der Waals surface area contributed by atoms with E-state index in [1.807, 2.05) is 0 Å². The zero-order valence-corrected chi connectivity index (χ0v) is 13.3. The monoisotopic (exact) mass is 334 g/mol. The maximum absolute atomic E-state index is 12.4. The van der Waals surface area contributed by atoms with E-state index in [4.69, 9.17) is 23.2 Å². The number of halogens is 2. The summed E-state index contributed by atoms with van der Waals surface area (Å²) >= 11 is 12.1. The van der Waals surface area contributed by atoms with Crippen LogP contribution >= 0.6 is 23.2 Å². The maximum atomic E-state index is 12.4. The maximum Gasteiger partial charge on any atom is 0.266 e. The molecule has 0 bridgehead atoms. The van der Waals surface area contributed by atoms with Gasteiger partial charge < -0.3 is 0 Å². The second kappa shape index (κ2) is 5.23. The van der Waals surface area contributed by atoms with Crippen molar-refractivity contribution in [3.63, 3.8) is 0 Å². The number of hydrogen-bond acceptors (Lipinski definition) is 4. The van der Waals surface area contributed by atoms with E-state index >= 15 is 0 Å². The van der Waals surface area contributed by atoms with Crippen molar-refractivity contribution in [1.29, 1.82) is 0 Å². The second-order valence-corrected chi connectivity index (χ2v) is 6.70.